The Labute approximate surface area is 120 Å². The van der Waals surface area contributed by atoms with Gasteiger partial charge in [-0.25, -0.2) is 4.79 Å². The van der Waals surface area contributed by atoms with Crippen LogP contribution < -0.4 is 0 Å². The summed E-state index contributed by atoms with van der Waals surface area (Å²) >= 11 is 0. The number of hydrogen-bond acceptors (Lipinski definition) is 3. The van der Waals surface area contributed by atoms with Gasteiger partial charge in [0.1, 0.15) is 0 Å². The van der Waals surface area contributed by atoms with Gasteiger partial charge in [0.15, 0.2) is 0 Å². The van der Waals surface area contributed by atoms with Crippen LogP contribution in [-0.4, -0.2) is 53.1 Å². The number of nitriles is 1. The van der Waals surface area contributed by atoms with Crippen LogP contribution in [0.5, 0.6) is 0 Å². The van der Waals surface area contributed by atoms with Crippen LogP contribution in [0.3, 0.4) is 0 Å². The zero-order valence-electron chi connectivity index (χ0n) is 12.4. The zero-order chi connectivity index (χ0) is 15.3. The highest BCUT2D eigenvalue weighted by Crippen LogP contribution is 2.34. The molecule has 1 heterocycles. The van der Waals surface area contributed by atoms with Gasteiger partial charge in [0.25, 0.3) is 0 Å². The normalized spacial score (nSPS) is 23.8. The second kappa shape index (κ2) is 6.60. The highest BCUT2D eigenvalue weighted by molar-refractivity contribution is 5.79. The van der Waals surface area contributed by atoms with Gasteiger partial charge < -0.3 is 14.9 Å². The third-order valence-corrected chi connectivity index (χ3v) is 4.33. The van der Waals surface area contributed by atoms with Gasteiger partial charge in [-0.05, 0) is 26.2 Å². The van der Waals surface area contributed by atoms with E-state index in [-0.39, 0.29) is 25.0 Å². The Balaban J connectivity index is 2.79. The van der Waals surface area contributed by atoms with Crippen LogP contribution >= 0.6 is 0 Å². The van der Waals surface area contributed by atoms with Crippen molar-refractivity contribution in [2.24, 2.45) is 5.41 Å². The summed E-state index contributed by atoms with van der Waals surface area (Å²) in [5, 5.41) is 18.1. The monoisotopic (exact) mass is 281 g/mol. The van der Waals surface area contributed by atoms with E-state index in [0.717, 1.165) is 0 Å². The molecule has 6 heteroatoms. The predicted octanol–water partition coefficient (Wildman–Crippen LogP) is 1.92. The van der Waals surface area contributed by atoms with E-state index in [1.807, 2.05) is 19.9 Å². The summed E-state index contributed by atoms with van der Waals surface area (Å²) in [4.78, 5) is 27.0. The van der Waals surface area contributed by atoms with Crippen molar-refractivity contribution in [2.75, 3.05) is 20.1 Å². The van der Waals surface area contributed by atoms with E-state index >= 15 is 0 Å². The summed E-state index contributed by atoms with van der Waals surface area (Å²) in [6.45, 7) is 4.50. The van der Waals surface area contributed by atoms with Gasteiger partial charge in [-0.1, -0.05) is 6.92 Å². The van der Waals surface area contributed by atoms with E-state index in [0.29, 0.717) is 25.8 Å². The molecule has 2 unspecified atom stereocenters. The van der Waals surface area contributed by atoms with Gasteiger partial charge in [-0.2, -0.15) is 5.26 Å². The Bertz CT molecular complexity index is 418. The molecule has 0 aliphatic carbocycles. The van der Waals surface area contributed by atoms with E-state index in [9.17, 15) is 14.7 Å². The Morgan fingerprint density at radius 3 is 2.70 bits per heavy atom. The first-order valence-corrected chi connectivity index (χ1v) is 7.00. The van der Waals surface area contributed by atoms with E-state index in [1.165, 1.54) is 4.90 Å². The number of likely N-dealkylation sites (tertiary alicyclic amines) is 1. The van der Waals surface area contributed by atoms with Crippen molar-refractivity contribution in [2.45, 2.75) is 45.6 Å². The van der Waals surface area contributed by atoms with Crippen LogP contribution in [-0.2, 0) is 4.79 Å². The maximum absolute atomic E-state index is 12.4. The Kier molecular flexibility index (Phi) is 5.37. The van der Waals surface area contributed by atoms with Crippen LogP contribution in [0.25, 0.3) is 0 Å². The van der Waals surface area contributed by atoms with Gasteiger partial charge in [-0.3, -0.25) is 4.79 Å². The summed E-state index contributed by atoms with van der Waals surface area (Å²) in [7, 11) is 1.66. The van der Waals surface area contributed by atoms with Crippen molar-refractivity contribution in [3.63, 3.8) is 0 Å². The number of urea groups is 1. The topological polar surface area (TPSA) is 84.6 Å². The van der Waals surface area contributed by atoms with Crippen LogP contribution in [0.1, 0.15) is 39.5 Å². The highest BCUT2D eigenvalue weighted by atomic mass is 16.4. The van der Waals surface area contributed by atoms with Gasteiger partial charge >= 0.3 is 12.0 Å². The summed E-state index contributed by atoms with van der Waals surface area (Å²) in [6, 6.07) is 1.69. The first kappa shape index (κ1) is 16.3. The van der Waals surface area contributed by atoms with Crippen LogP contribution in [0.15, 0.2) is 0 Å². The van der Waals surface area contributed by atoms with Crippen LogP contribution in [0.2, 0.25) is 0 Å². The second-order valence-corrected chi connectivity index (χ2v) is 5.57. The lowest BCUT2D eigenvalue weighted by molar-refractivity contribution is -0.152. The number of piperidine rings is 1. The lowest BCUT2D eigenvalue weighted by Crippen LogP contribution is -2.54. The first-order chi connectivity index (χ1) is 9.38. The van der Waals surface area contributed by atoms with Crippen molar-refractivity contribution in [3.8, 4) is 6.07 Å². The van der Waals surface area contributed by atoms with Crippen molar-refractivity contribution < 1.29 is 14.7 Å². The lowest BCUT2D eigenvalue weighted by Gasteiger charge is -2.41. The van der Waals surface area contributed by atoms with Crippen LogP contribution in [0.4, 0.5) is 4.79 Å². The minimum absolute atomic E-state index is 0.171. The molecule has 0 saturated carbocycles. The third kappa shape index (κ3) is 3.21. The molecular formula is C14H23N3O3. The number of rotatable bonds is 4. The maximum atomic E-state index is 12.4. The highest BCUT2D eigenvalue weighted by Gasteiger charge is 2.42. The zero-order valence-corrected chi connectivity index (χ0v) is 12.4. The molecule has 0 aromatic rings. The average Bonchev–Trinajstić information content (AvgIpc) is 2.45. The number of carbonyl (C=O) groups excluding carboxylic acids is 1. The molecule has 0 radical (unpaired) electrons. The summed E-state index contributed by atoms with van der Waals surface area (Å²) < 4.78 is 0. The number of hydrogen-bond donors (Lipinski definition) is 1. The largest absolute Gasteiger partial charge is 0.481 e. The number of aliphatic carboxylic acids is 1. The van der Waals surface area contributed by atoms with E-state index in [1.54, 1.807) is 11.9 Å². The molecule has 20 heavy (non-hydrogen) atoms. The van der Waals surface area contributed by atoms with Gasteiger partial charge in [0, 0.05) is 26.2 Å². The SMILES string of the molecule is CCC1(C(=O)O)CCCN(C(=O)N(C)C(C)CC#N)C1. The Morgan fingerprint density at radius 1 is 1.55 bits per heavy atom. The minimum Gasteiger partial charge on any atom is -0.481 e. The van der Waals surface area contributed by atoms with Crippen molar-refractivity contribution in [1.82, 2.24) is 9.80 Å². The van der Waals surface area contributed by atoms with Crippen molar-refractivity contribution in [1.29, 1.82) is 5.26 Å². The fourth-order valence-corrected chi connectivity index (χ4v) is 2.59. The van der Waals surface area contributed by atoms with E-state index in [4.69, 9.17) is 5.26 Å². The summed E-state index contributed by atoms with van der Waals surface area (Å²) in [6.07, 6.45) is 2.10. The maximum Gasteiger partial charge on any atom is 0.320 e. The van der Waals surface area contributed by atoms with Gasteiger partial charge in [0.05, 0.1) is 17.9 Å². The Hall–Kier alpha value is -1.77. The molecule has 0 bridgehead atoms. The Morgan fingerprint density at radius 2 is 2.20 bits per heavy atom. The first-order valence-electron chi connectivity index (χ1n) is 7.00. The van der Waals surface area contributed by atoms with E-state index in [2.05, 4.69) is 0 Å². The molecule has 1 aliphatic rings. The molecule has 112 valence electrons. The molecule has 1 rings (SSSR count). The second-order valence-electron chi connectivity index (χ2n) is 5.57. The molecule has 1 saturated heterocycles. The van der Waals surface area contributed by atoms with Crippen molar-refractivity contribution >= 4 is 12.0 Å². The minimum atomic E-state index is -0.828. The number of carboxylic acid groups (broad SMARTS) is 1. The fraction of sp³-hybridized carbons (Fsp3) is 0.786. The molecule has 0 aromatic carbocycles. The molecule has 0 spiro atoms. The molecule has 2 amide bonds. The molecule has 0 aromatic heterocycles. The molecule has 6 nitrogen and oxygen atoms in total. The molecule has 1 aliphatic heterocycles. The molecular weight excluding hydrogens is 258 g/mol. The standard InChI is InChI=1S/C14H23N3O3/c1-4-14(12(18)19)7-5-9-17(10-14)13(20)16(3)11(2)6-8-15/h11H,4-7,9-10H2,1-3H3,(H,18,19). The predicted molar refractivity (Wildman–Crippen MR) is 74.0 cm³/mol. The molecule has 1 N–H and O–H groups in total. The lowest BCUT2D eigenvalue weighted by atomic mass is 9.78. The molecule has 1 fully saturated rings. The van der Waals surface area contributed by atoms with Gasteiger partial charge in [0.2, 0.25) is 0 Å². The number of nitrogens with zero attached hydrogens (tertiary/aromatic N) is 3. The number of carbonyl (C=O) groups is 2. The van der Waals surface area contributed by atoms with Crippen LogP contribution in [0, 0.1) is 16.7 Å². The van der Waals surface area contributed by atoms with E-state index < -0.39 is 11.4 Å². The molecule has 2 atom stereocenters. The third-order valence-electron chi connectivity index (χ3n) is 4.33. The quantitative estimate of drug-likeness (QED) is 0.853. The smallest absolute Gasteiger partial charge is 0.320 e. The fourth-order valence-electron chi connectivity index (χ4n) is 2.59. The number of amides is 2. The summed E-state index contributed by atoms with van der Waals surface area (Å²) in [5.74, 6) is -0.828. The number of carboxylic acids is 1. The van der Waals surface area contributed by atoms with Crippen molar-refractivity contribution in [3.05, 3.63) is 0 Å². The summed E-state index contributed by atoms with van der Waals surface area (Å²) in [5.41, 5.74) is -0.826. The average molecular weight is 281 g/mol. The van der Waals surface area contributed by atoms with Gasteiger partial charge in [-0.15, -0.1) is 0 Å².